The maximum Gasteiger partial charge on any atom is 0.142 e. The molecule has 2 aromatic carbocycles. The van der Waals surface area contributed by atoms with Crippen molar-refractivity contribution in [2.24, 2.45) is 0 Å². The normalized spacial score (nSPS) is 20.6. The summed E-state index contributed by atoms with van der Waals surface area (Å²) in [6.45, 7) is 7.98. The van der Waals surface area contributed by atoms with Crippen LogP contribution in [0, 0.1) is 0 Å². The number of piperidine rings is 1. The molecule has 0 unspecified atom stereocenters. The monoisotopic (exact) mass is 425 g/mol. The maximum absolute atomic E-state index is 8.88. The molecule has 6 nitrogen and oxygen atoms in total. The van der Waals surface area contributed by atoms with Crippen molar-refractivity contribution in [1.29, 1.82) is 0 Å². The largest absolute Gasteiger partial charge is 0.495 e. The number of anilines is 1. The molecule has 2 fully saturated rings. The molecule has 2 aliphatic heterocycles. The third kappa shape index (κ3) is 5.70. The fraction of sp³-hybridized carbons (Fsp3) is 0.520. The first-order chi connectivity index (χ1) is 15.3. The number of rotatable bonds is 8. The summed E-state index contributed by atoms with van der Waals surface area (Å²) in [4.78, 5) is 7.73. The maximum atomic E-state index is 8.88. The molecule has 2 aromatic rings. The van der Waals surface area contributed by atoms with E-state index in [1.165, 1.54) is 30.6 Å². The lowest BCUT2D eigenvalue weighted by atomic mass is 10.0. The molecule has 0 amide bonds. The van der Waals surface area contributed by atoms with Crippen molar-refractivity contribution >= 4 is 5.69 Å². The summed E-state index contributed by atoms with van der Waals surface area (Å²) < 4.78 is 11.0. The highest BCUT2D eigenvalue weighted by Crippen LogP contribution is 2.29. The van der Waals surface area contributed by atoms with Crippen molar-refractivity contribution in [3.63, 3.8) is 0 Å². The highest BCUT2D eigenvalue weighted by atomic mass is 16.5. The molecule has 0 aliphatic carbocycles. The summed E-state index contributed by atoms with van der Waals surface area (Å²) in [5.41, 5.74) is 2.53. The van der Waals surface area contributed by atoms with Crippen LogP contribution in [0.15, 0.2) is 48.5 Å². The minimum atomic E-state index is 0.0457. The van der Waals surface area contributed by atoms with Crippen LogP contribution in [0.4, 0.5) is 5.69 Å². The Balaban J connectivity index is 1.28. The molecule has 1 N–H and O–H groups in total. The molecule has 0 aromatic heterocycles. The van der Waals surface area contributed by atoms with Gasteiger partial charge in [0.15, 0.2) is 0 Å². The minimum Gasteiger partial charge on any atom is -0.495 e. The van der Waals surface area contributed by atoms with E-state index in [1.54, 1.807) is 7.11 Å². The van der Waals surface area contributed by atoms with Crippen molar-refractivity contribution in [3.05, 3.63) is 54.1 Å². The van der Waals surface area contributed by atoms with Crippen molar-refractivity contribution in [1.82, 2.24) is 9.80 Å². The number of piperazine rings is 1. The van der Waals surface area contributed by atoms with Crippen LogP contribution in [-0.2, 0) is 6.54 Å². The third-order valence-electron chi connectivity index (χ3n) is 6.43. The number of likely N-dealkylation sites (tertiary alicyclic amines) is 1. The Hall–Kier alpha value is -2.28. The van der Waals surface area contributed by atoms with Crippen LogP contribution < -0.4 is 14.4 Å². The van der Waals surface area contributed by atoms with Gasteiger partial charge in [0, 0.05) is 45.3 Å². The first-order valence-electron chi connectivity index (χ1n) is 11.4. The summed E-state index contributed by atoms with van der Waals surface area (Å²) in [7, 11) is 1.75. The second-order valence-corrected chi connectivity index (χ2v) is 8.44. The molecule has 0 saturated carbocycles. The van der Waals surface area contributed by atoms with Crippen LogP contribution in [0.5, 0.6) is 11.5 Å². The Morgan fingerprint density at radius 1 is 0.968 bits per heavy atom. The Kier molecular flexibility index (Phi) is 7.67. The molecule has 31 heavy (non-hydrogen) atoms. The summed E-state index contributed by atoms with van der Waals surface area (Å²) in [6.07, 6.45) is 2.55. The van der Waals surface area contributed by atoms with Gasteiger partial charge in [0.05, 0.1) is 19.4 Å². The van der Waals surface area contributed by atoms with Gasteiger partial charge in [0.1, 0.15) is 18.1 Å². The number of ether oxygens (including phenoxy) is 2. The molecule has 0 spiro atoms. The highest BCUT2D eigenvalue weighted by molar-refractivity contribution is 5.58. The summed E-state index contributed by atoms with van der Waals surface area (Å²) in [6, 6.07) is 17.3. The van der Waals surface area contributed by atoms with Gasteiger partial charge in [-0.1, -0.05) is 24.3 Å². The average molecular weight is 426 g/mol. The summed E-state index contributed by atoms with van der Waals surface area (Å²) in [5.74, 6) is 1.79. The fourth-order valence-corrected chi connectivity index (χ4v) is 4.80. The van der Waals surface area contributed by atoms with Crippen LogP contribution in [-0.4, -0.2) is 80.5 Å². The standard InChI is InChI=1S/C25H35N3O3/c1-30-25-7-3-2-6-24(25)28-15-13-27(14-16-28)22-5-4-12-26(20-22)19-21-8-10-23(11-9-21)31-18-17-29/h2-3,6-11,22,29H,4-5,12-20H2,1H3/t22-/m1/s1. The molecule has 0 radical (unpaired) electrons. The number of aliphatic hydroxyl groups excluding tert-OH is 1. The van der Waals surface area contributed by atoms with E-state index in [2.05, 4.69) is 39.0 Å². The van der Waals surface area contributed by atoms with E-state index in [-0.39, 0.29) is 6.61 Å². The zero-order valence-corrected chi connectivity index (χ0v) is 18.6. The van der Waals surface area contributed by atoms with E-state index in [1.807, 2.05) is 24.3 Å². The molecule has 168 valence electrons. The number of nitrogens with zero attached hydrogens (tertiary/aromatic N) is 3. The van der Waals surface area contributed by atoms with Gasteiger partial charge in [-0.2, -0.15) is 0 Å². The van der Waals surface area contributed by atoms with Gasteiger partial charge in [-0.05, 0) is 49.2 Å². The number of hydrogen-bond acceptors (Lipinski definition) is 6. The van der Waals surface area contributed by atoms with E-state index in [9.17, 15) is 0 Å². The average Bonchev–Trinajstić information content (AvgIpc) is 2.84. The Labute approximate surface area is 186 Å². The Morgan fingerprint density at radius 3 is 2.48 bits per heavy atom. The van der Waals surface area contributed by atoms with Gasteiger partial charge >= 0.3 is 0 Å². The number of benzene rings is 2. The highest BCUT2D eigenvalue weighted by Gasteiger charge is 2.28. The van der Waals surface area contributed by atoms with Crippen molar-refractivity contribution < 1.29 is 14.6 Å². The van der Waals surface area contributed by atoms with Crippen LogP contribution >= 0.6 is 0 Å². The first-order valence-corrected chi connectivity index (χ1v) is 11.4. The third-order valence-corrected chi connectivity index (χ3v) is 6.43. The predicted molar refractivity (Wildman–Crippen MR) is 124 cm³/mol. The van der Waals surface area contributed by atoms with Crippen LogP contribution in [0.2, 0.25) is 0 Å². The lowest BCUT2D eigenvalue weighted by Crippen LogP contribution is -2.55. The van der Waals surface area contributed by atoms with E-state index in [0.29, 0.717) is 12.6 Å². The Bertz CT molecular complexity index is 806. The van der Waals surface area contributed by atoms with Gasteiger partial charge in [-0.25, -0.2) is 0 Å². The lowest BCUT2D eigenvalue weighted by Gasteiger charge is -2.44. The second-order valence-electron chi connectivity index (χ2n) is 8.44. The molecule has 1 atom stereocenters. The SMILES string of the molecule is COc1ccccc1N1CCN([C@@H]2CCCN(Cc3ccc(OCCO)cc3)C2)CC1. The van der Waals surface area contributed by atoms with E-state index >= 15 is 0 Å². The molecule has 4 rings (SSSR count). The zero-order chi connectivity index (χ0) is 21.5. The van der Waals surface area contributed by atoms with Gasteiger partial charge in [0.2, 0.25) is 0 Å². The van der Waals surface area contributed by atoms with E-state index in [0.717, 1.165) is 50.8 Å². The summed E-state index contributed by atoms with van der Waals surface area (Å²) in [5, 5.41) is 8.88. The molecule has 2 saturated heterocycles. The van der Waals surface area contributed by atoms with Crippen molar-refractivity contribution in [2.45, 2.75) is 25.4 Å². The number of methoxy groups -OCH3 is 1. The van der Waals surface area contributed by atoms with Crippen molar-refractivity contribution in [3.8, 4) is 11.5 Å². The van der Waals surface area contributed by atoms with Gasteiger partial charge < -0.3 is 19.5 Å². The second kappa shape index (κ2) is 10.8. The minimum absolute atomic E-state index is 0.0457. The van der Waals surface area contributed by atoms with Gasteiger partial charge in [0.25, 0.3) is 0 Å². The molecule has 6 heteroatoms. The zero-order valence-electron chi connectivity index (χ0n) is 18.6. The molecular formula is C25H35N3O3. The predicted octanol–water partition coefficient (Wildman–Crippen LogP) is 2.85. The molecular weight excluding hydrogens is 390 g/mol. The van der Waals surface area contributed by atoms with Gasteiger partial charge in [-0.3, -0.25) is 9.80 Å². The number of para-hydroxylation sites is 2. The first kappa shape index (κ1) is 21.9. The van der Waals surface area contributed by atoms with Gasteiger partial charge in [-0.15, -0.1) is 0 Å². The molecule has 0 bridgehead atoms. The van der Waals surface area contributed by atoms with E-state index in [4.69, 9.17) is 14.6 Å². The molecule has 2 aliphatic rings. The van der Waals surface area contributed by atoms with Crippen LogP contribution in [0.3, 0.4) is 0 Å². The Morgan fingerprint density at radius 2 is 1.74 bits per heavy atom. The smallest absolute Gasteiger partial charge is 0.142 e. The van der Waals surface area contributed by atoms with Crippen molar-refractivity contribution in [2.75, 3.05) is 64.5 Å². The molecule has 2 heterocycles. The number of hydrogen-bond donors (Lipinski definition) is 1. The lowest BCUT2D eigenvalue weighted by molar-refractivity contribution is 0.0887. The quantitative estimate of drug-likeness (QED) is 0.702. The van der Waals surface area contributed by atoms with Crippen LogP contribution in [0.25, 0.3) is 0 Å². The topological polar surface area (TPSA) is 48.4 Å². The fourth-order valence-electron chi connectivity index (χ4n) is 4.80. The number of aliphatic hydroxyl groups is 1. The van der Waals surface area contributed by atoms with E-state index < -0.39 is 0 Å². The summed E-state index contributed by atoms with van der Waals surface area (Å²) >= 11 is 0. The van der Waals surface area contributed by atoms with Crippen LogP contribution in [0.1, 0.15) is 18.4 Å².